The van der Waals surface area contributed by atoms with Crippen molar-refractivity contribution in [3.63, 3.8) is 0 Å². The summed E-state index contributed by atoms with van der Waals surface area (Å²) in [6.45, 7) is 6.35. The van der Waals surface area contributed by atoms with Gasteiger partial charge in [-0.2, -0.15) is 0 Å². The summed E-state index contributed by atoms with van der Waals surface area (Å²) in [4.78, 5) is 24.0. The fraction of sp³-hybridized carbons (Fsp3) is 0.652. The first kappa shape index (κ1) is 23.2. The molecule has 0 unspecified atom stereocenters. The fourth-order valence-electron chi connectivity index (χ4n) is 2.78. The molecule has 0 aliphatic heterocycles. The molecule has 0 saturated heterocycles. The second-order valence-corrected chi connectivity index (χ2v) is 7.55. The van der Waals surface area contributed by atoms with Gasteiger partial charge in [0.15, 0.2) is 11.5 Å². The molecule has 0 radical (unpaired) electrons. The highest BCUT2D eigenvalue weighted by atomic mass is 16.6. The molecular weight excluding hydrogens is 340 g/mol. The van der Waals surface area contributed by atoms with Gasteiger partial charge in [-0.25, -0.2) is 0 Å². The van der Waals surface area contributed by atoms with Crippen LogP contribution >= 0.6 is 0 Å². The molecule has 0 fully saturated rings. The van der Waals surface area contributed by atoms with E-state index in [2.05, 4.69) is 20.8 Å². The van der Waals surface area contributed by atoms with Crippen LogP contribution in [-0.2, 0) is 9.59 Å². The molecule has 1 aromatic carbocycles. The summed E-state index contributed by atoms with van der Waals surface area (Å²) in [6, 6.07) is 6.86. The molecule has 0 aliphatic rings. The Labute approximate surface area is 164 Å². The lowest BCUT2D eigenvalue weighted by molar-refractivity contribution is -0.137. The molecule has 0 atom stereocenters. The van der Waals surface area contributed by atoms with Crippen molar-refractivity contribution in [2.75, 3.05) is 0 Å². The zero-order valence-electron chi connectivity index (χ0n) is 17.3. The lowest BCUT2D eigenvalue weighted by Crippen LogP contribution is -2.12. The molecule has 0 heterocycles. The Hall–Kier alpha value is -1.84. The monoisotopic (exact) mass is 376 g/mol. The Bertz CT molecular complexity index is 551. The highest BCUT2D eigenvalue weighted by molar-refractivity contribution is 5.76. The minimum absolute atomic E-state index is 0.272. The maximum absolute atomic E-state index is 12.1. The summed E-state index contributed by atoms with van der Waals surface area (Å²) in [5, 5.41) is 0. The number of esters is 2. The van der Waals surface area contributed by atoms with Crippen molar-refractivity contribution in [3.8, 4) is 11.5 Å². The van der Waals surface area contributed by atoms with E-state index in [4.69, 9.17) is 9.47 Å². The van der Waals surface area contributed by atoms with Gasteiger partial charge in [-0.15, -0.1) is 0 Å². The molecule has 152 valence electrons. The van der Waals surface area contributed by atoms with Crippen molar-refractivity contribution in [1.82, 2.24) is 0 Å². The fourth-order valence-corrected chi connectivity index (χ4v) is 2.78. The van der Waals surface area contributed by atoms with E-state index in [1.807, 2.05) is 0 Å². The predicted molar refractivity (Wildman–Crippen MR) is 109 cm³/mol. The Balaban J connectivity index is 2.32. The number of hydrogen-bond donors (Lipinski definition) is 0. The van der Waals surface area contributed by atoms with Crippen LogP contribution in [0.5, 0.6) is 11.5 Å². The third-order valence-corrected chi connectivity index (χ3v) is 4.46. The second kappa shape index (κ2) is 14.2. The van der Waals surface area contributed by atoms with Crippen LogP contribution in [0.1, 0.15) is 91.4 Å². The standard InChI is InChI=1S/C23H36O4/c1-4-5-6-7-8-9-10-11-16-22(24)26-20-14-12-13-15-21(20)27-23(25)18-17-19(2)3/h12-15,19H,4-11,16-18H2,1-3H3. The summed E-state index contributed by atoms with van der Waals surface area (Å²) in [5.74, 6) is 0.509. The van der Waals surface area contributed by atoms with E-state index >= 15 is 0 Å². The van der Waals surface area contributed by atoms with E-state index in [1.54, 1.807) is 24.3 Å². The molecule has 0 bridgehead atoms. The molecule has 1 rings (SSSR count). The Morgan fingerprint density at radius 3 is 1.78 bits per heavy atom. The molecule has 0 N–H and O–H groups in total. The summed E-state index contributed by atoms with van der Waals surface area (Å²) in [5.41, 5.74) is 0. The van der Waals surface area contributed by atoms with Gasteiger partial charge >= 0.3 is 11.9 Å². The molecule has 4 nitrogen and oxygen atoms in total. The van der Waals surface area contributed by atoms with Gasteiger partial charge in [-0.1, -0.05) is 77.8 Å². The van der Waals surface area contributed by atoms with Crippen molar-refractivity contribution in [3.05, 3.63) is 24.3 Å². The molecule has 0 aromatic heterocycles. The highest BCUT2D eigenvalue weighted by Crippen LogP contribution is 2.27. The van der Waals surface area contributed by atoms with Crippen LogP contribution in [0.3, 0.4) is 0 Å². The van der Waals surface area contributed by atoms with Crippen LogP contribution in [0.4, 0.5) is 0 Å². The van der Waals surface area contributed by atoms with E-state index in [1.165, 1.54) is 38.5 Å². The van der Waals surface area contributed by atoms with Crippen molar-refractivity contribution >= 4 is 11.9 Å². The average molecular weight is 377 g/mol. The molecular formula is C23H36O4. The van der Waals surface area contributed by atoms with Gasteiger partial charge in [-0.05, 0) is 30.9 Å². The average Bonchev–Trinajstić information content (AvgIpc) is 2.64. The number of para-hydroxylation sites is 2. The first-order valence-electron chi connectivity index (χ1n) is 10.5. The van der Waals surface area contributed by atoms with E-state index < -0.39 is 0 Å². The van der Waals surface area contributed by atoms with Gasteiger partial charge in [-0.3, -0.25) is 9.59 Å². The maximum Gasteiger partial charge on any atom is 0.311 e. The second-order valence-electron chi connectivity index (χ2n) is 7.55. The lowest BCUT2D eigenvalue weighted by Gasteiger charge is -2.11. The van der Waals surface area contributed by atoms with Gasteiger partial charge in [0.2, 0.25) is 0 Å². The van der Waals surface area contributed by atoms with Crippen LogP contribution in [0.2, 0.25) is 0 Å². The number of ether oxygens (including phenoxy) is 2. The Morgan fingerprint density at radius 2 is 1.26 bits per heavy atom. The van der Waals surface area contributed by atoms with Crippen LogP contribution in [0.25, 0.3) is 0 Å². The Morgan fingerprint density at radius 1 is 0.778 bits per heavy atom. The topological polar surface area (TPSA) is 52.6 Å². The minimum Gasteiger partial charge on any atom is -0.423 e. The molecule has 0 amide bonds. The molecule has 0 aliphatic carbocycles. The number of hydrogen-bond acceptors (Lipinski definition) is 4. The normalized spacial score (nSPS) is 10.8. The first-order valence-corrected chi connectivity index (χ1v) is 10.5. The summed E-state index contributed by atoms with van der Waals surface area (Å²) in [6.07, 6.45) is 11.0. The molecule has 1 aromatic rings. The SMILES string of the molecule is CCCCCCCCCCC(=O)Oc1ccccc1OC(=O)CCC(C)C. The van der Waals surface area contributed by atoms with Gasteiger partial charge in [0, 0.05) is 12.8 Å². The van der Waals surface area contributed by atoms with Crippen LogP contribution in [-0.4, -0.2) is 11.9 Å². The number of rotatable bonds is 14. The number of carbonyl (C=O) groups is 2. The Kier molecular flexibility index (Phi) is 12.2. The zero-order chi connectivity index (χ0) is 19.9. The zero-order valence-corrected chi connectivity index (χ0v) is 17.3. The van der Waals surface area contributed by atoms with Gasteiger partial charge in [0.1, 0.15) is 0 Å². The van der Waals surface area contributed by atoms with Crippen molar-refractivity contribution < 1.29 is 19.1 Å². The lowest BCUT2D eigenvalue weighted by atomic mass is 10.1. The molecule has 4 heteroatoms. The molecule has 0 spiro atoms. The summed E-state index contributed by atoms with van der Waals surface area (Å²) < 4.78 is 10.8. The van der Waals surface area contributed by atoms with E-state index in [0.717, 1.165) is 19.3 Å². The summed E-state index contributed by atoms with van der Waals surface area (Å²) >= 11 is 0. The number of carbonyl (C=O) groups excluding carboxylic acids is 2. The van der Waals surface area contributed by atoms with Crippen LogP contribution in [0, 0.1) is 5.92 Å². The van der Waals surface area contributed by atoms with Crippen molar-refractivity contribution in [2.45, 2.75) is 91.4 Å². The first-order chi connectivity index (χ1) is 13.0. The quantitative estimate of drug-likeness (QED) is 0.212. The van der Waals surface area contributed by atoms with Crippen LogP contribution < -0.4 is 9.47 Å². The predicted octanol–water partition coefficient (Wildman–Crippen LogP) is 6.46. The number of benzene rings is 1. The van der Waals surface area contributed by atoms with Crippen LogP contribution in [0.15, 0.2) is 24.3 Å². The van der Waals surface area contributed by atoms with Gasteiger partial charge in [0.05, 0.1) is 0 Å². The third-order valence-electron chi connectivity index (χ3n) is 4.46. The molecule has 27 heavy (non-hydrogen) atoms. The van der Waals surface area contributed by atoms with Crippen molar-refractivity contribution in [2.24, 2.45) is 5.92 Å². The third kappa shape index (κ3) is 11.5. The number of unbranched alkanes of at least 4 members (excludes halogenated alkanes) is 7. The smallest absolute Gasteiger partial charge is 0.311 e. The molecule has 0 saturated carbocycles. The summed E-state index contributed by atoms with van der Waals surface area (Å²) in [7, 11) is 0. The van der Waals surface area contributed by atoms with E-state index in [-0.39, 0.29) is 11.9 Å². The van der Waals surface area contributed by atoms with E-state index in [0.29, 0.717) is 30.3 Å². The minimum atomic E-state index is -0.296. The largest absolute Gasteiger partial charge is 0.423 e. The maximum atomic E-state index is 12.1. The highest BCUT2D eigenvalue weighted by Gasteiger charge is 2.13. The van der Waals surface area contributed by atoms with Gasteiger partial charge in [0.25, 0.3) is 0 Å². The van der Waals surface area contributed by atoms with Gasteiger partial charge < -0.3 is 9.47 Å². The van der Waals surface area contributed by atoms with Crippen molar-refractivity contribution in [1.29, 1.82) is 0 Å². The van der Waals surface area contributed by atoms with E-state index in [9.17, 15) is 9.59 Å².